The van der Waals surface area contributed by atoms with Gasteiger partial charge in [-0.1, -0.05) is 0 Å². The molecule has 4 rings (SSSR count). The van der Waals surface area contributed by atoms with Gasteiger partial charge in [0, 0.05) is 38.8 Å². The number of benzene rings is 1. The van der Waals surface area contributed by atoms with Crippen LogP contribution in [-0.4, -0.2) is 71.6 Å². The Balaban J connectivity index is 1.56. The molecule has 2 N–H and O–H groups in total. The summed E-state index contributed by atoms with van der Waals surface area (Å²) in [6.07, 6.45) is 1.54. The number of amides is 1. The van der Waals surface area contributed by atoms with E-state index in [9.17, 15) is 18.7 Å². The summed E-state index contributed by atoms with van der Waals surface area (Å²) in [5.74, 6) is -1.06. The van der Waals surface area contributed by atoms with Crippen molar-refractivity contribution in [1.82, 2.24) is 20.4 Å². The average molecular weight is 417 g/mol. The molecule has 30 heavy (non-hydrogen) atoms. The van der Waals surface area contributed by atoms with E-state index >= 15 is 0 Å². The van der Waals surface area contributed by atoms with Crippen LogP contribution in [0.1, 0.15) is 29.6 Å². The number of piperidine rings is 1. The van der Waals surface area contributed by atoms with Crippen molar-refractivity contribution in [3.05, 3.63) is 35.6 Å². The van der Waals surface area contributed by atoms with Gasteiger partial charge in [0.25, 0.3) is 5.91 Å². The minimum Gasteiger partial charge on any atom is -0.507 e. The summed E-state index contributed by atoms with van der Waals surface area (Å²) in [5.41, 5.74) is 0.169. The van der Waals surface area contributed by atoms with Crippen LogP contribution in [0.5, 0.6) is 5.75 Å². The third-order valence-electron chi connectivity index (χ3n) is 6.06. The molecular formula is C21H25F2N5O2. The van der Waals surface area contributed by atoms with Gasteiger partial charge in [-0.05, 0) is 43.5 Å². The highest BCUT2D eigenvalue weighted by atomic mass is 19.1. The molecule has 1 amide bonds. The Morgan fingerprint density at radius 1 is 1.20 bits per heavy atom. The molecule has 2 aliphatic heterocycles. The SMILES string of the molecule is CN(C)C(=O)c1cc(O)c(-c2ccc(N(C)[C@@H]3CC4CCC(N4)[C@@H]3F)nn2)cc1F. The predicted molar refractivity (Wildman–Crippen MR) is 109 cm³/mol. The molecule has 0 aliphatic carbocycles. The smallest absolute Gasteiger partial charge is 0.256 e. The van der Waals surface area contributed by atoms with E-state index in [4.69, 9.17) is 0 Å². The third-order valence-corrected chi connectivity index (χ3v) is 6.06. The molecule has 0 saturated carbocycles. The van der Waals surface area contributed by atoms with Crippen LogP contribution in [0.15, 0.2) is 24.3 Å². The average Bonchev–Trinajstić information content (AvgIpc) is 3.14. The molecule has 3 heterocycles. The Morgan fingerprint density at radius 3 is 2.63 bits per heavy atom. The number of hydrogen-bond acceptors (Lipinski definition) is 6. The largest absolute Gasteiger partial charge is 0.507 e. The highest BCUT2D eigenvalue weighted by Crippen LogP contribution is 2.34. The van der Waals surface area contributed by atoms with Crippen LogP contribution in [-0.2, 0) is 0 Å². The summed E-state index contributed by atoms with van der Waals surface area (Å²) < 4.78 is 29.3. The summed E-state index contributed by atoms with van der Waals surface area (Å²) >= 11 is 0. The van der Waals surface area contributed by atoms with E-state index in [1.807, 2.05) is 0 Å². The summed E-state index contributed by atoms with van der Waals surface area (Å²) in [7, 11) is 4.80. The van der Waals surface area contributed by atoms with Gasteiger partial charge in [-0.25, -0.2) is 8.78 Å². The highest BCUT2D eigenvalue weighted by molar-refractivity contribution is 5.95. The number of alkyl halides is 1. The number of carbonyl (C=O) groups is 1. The Labute approximate surface area is 173 Å². The van der Waals surface area contributed by atoms with Gasteiger partial charge < -0.3 is 20.2 Å². The molecule has 2 fully saturated rings. The van der Waals surface area contributed by atoms with Crippen LogP contribution in [0.25, 0.3) is 11.3 Å². The van der Waals surface area contributed by atoms with Crippen molar-refractivity contribution >= 4 is 11.7 Å². The number of halogens is 2. The standard InChI is InChI=1S/C21H25F2N5O2/c1-27(2)21(30)12-10-18(29)13(9-14(12)22)15-6-7-19(26-25-15)28(3)17-8-11-4-5-16(24-11)20(17)23/h6-7,9-11,16-17,20,24,29H,4-5,8H2,1-3H3/t11?,16?,17-,20+/m1/s1. The number of rotatable bonds is 4. The van der Waals surface area contributed by atoms with E-state index in [0.29, 0.717) is 18.3 Å². The van der Waals surface area contributed by atoms with Crippen molar-refractivity contribution in [2.75, 3.05) is 26.0 Å². The molecule has 2 saturated heterocycles. The number of phenolic OH excluding ortho intramolecular Hbond substituents is 1. The van der Waals surface area contributed by atoms with Crippen LogP contribution < -0.4 is 10.2 Å². The number of fused-ring (bicyclic) bond motifs is 2. The van der Waals surface area contributed by atoms with Crippen LogP contribution in [0.3, 0.4) is 0 Å². The van der Waals surface area contributed by atoms with Crippen LogP contribution in [0.2, 0.25) is 0 Å². The lowest BCUT2D eigenvalue weighted by molar-refractivity contribution is 0.0822. The summed E-state index contributed by atoms with van der Waals surface area (Å²) in [4.78, 5) is 15.0. The molecule has 4 atom stereocenters. The topological polar surface area (TPSA) is 81.6 Å². The molecule has 2 aromatic rings. The molecule has 7 nitrogen and oxygen atoms in total. The van der Waals surface area contributed by atoms with Crippen molar-refractivity contribution in [1.29, 1.82) is 0 Å². The first-order valence-corrected chi connectivity index (χ1v) is 9.97. The number of aromatic hydroxyl groups is 1. The Hall–Kier alpha value is -2.81. The molecule has 2 aliphatic rings. The first kappa shape index (κ1) is 20.5. The van der Waals surface area contributed by atoms with Crippen molar-refractivity contribution in [3.63, 3.8) is 0 Å². The van der Waals surface area contributed by atoms with Gasteiger partial charge in [-0.3, -0.25) is 4.79 Å². The van der Waals surface area contributed by atoms with Crippen LogP contribution >= 0.6 is 0 Å². The van der Waals surface area contributed by atoms with E-state index in [-0.39, 0.29) is 34.7 Å². The van der Waals surface area contributed by atoms with Gasteiger partial charge in [-0.2, -0.15) is 0 Å². The minimum atomic E-state index is -0.991. The molecule has 0 radical (unpaired) electrons. The third kappa shape index (κ3) is 3.58. The van der Waals surface area contributed by atoms with Crippen LogP contribution in [0.4, 0.5) is 14.6 Å². The number of aromatic nitrogens is 2. The van der Waals surface area contributed by atoms with Gasteiger partial charge in [0.15, 0.2) is 5.82 Å². The lowest BCUT2D eigenvalue weighted by Gasteiger charge is -2.38. The lowest BCUT2D eigenvalue weighted by Crippen LogP contribution is -2.55. The van der Waals surface area contributed by atoms with Crippen LogP contribution in [0, 0.1) is 5.82 Å². The predicted octanol–water partition coefficient (Wildman–Crippen LogP) is 2.36. The second-order valence-corrected chi connectivity index (χ2v) is 8.23. The summed E-state index contributed by atoms with van der Waals surface area (Å²) in [6.45, 7) is 0. The highest BCUT2D eigenvalue weighted by Gasteiger charge is 2.43. The number of carbonyl (C=O) groups excluding carboxylic acids is 1. The fraction of sp³-hybridized carbons (Fsp3) is 0.476. The second kappa shape index (κ2) is 7.79. The molecule has 9 heteroatoms. The monoisotopic (exact) mass is 417 g/mol. The van der Waals surface area contributed by atoms with E-state index in [0.717, 1.165) is 25.0 Å². The van der Waals surface area contributed by atoms with Crippen molar-refractivity contribution < 1.29 is 18.7 Å². The van der Waals surface area contributed by atoms with E-state index in [1.54, 1.807) is 24.1 Å². The Bertz CT molecular complexity index is 953. The maximum Gasteiger partial charge on any atom is 0.256 e. The fourth-order valence-corrected chi connectivity index (χ4v) is 4.35. The van der Waals surface area contributed by atoms with E-state index < -0.39 is 17.9 Å². The van der Waals surface area contributed by atoms with Gasteiger partial charge in [0.1, 0.15) is 17.7 Å². The number of nitrogens with one attached hydrogen (secondary N) is 1. The zero-order valence-corrected chi connectivity index (χ0v) is 17.1. The second-order valence-electron chi connectivity index (χ2n) is 8.23. The maximum absolute atomic E-state index is 14.8. The zero-order chi connectivity index (χ0) is 21.6. The molecule has 2 unspecified atom stereocenters. The Kier molecular flexibility index (Phi) is 5.31. The minimum absolute atomic E-state index is 0.119. The molecule has 160 valence electrons. The van der Waals surface area contributed by atoms with Crippen molar-refractivity contribution in [3.8, 4) is 17.0 Å². The van der Waals surface area contributed by atoms with Gasteiger partial charge in [-0.15, -0.1) is 10.2 Å². The first-order chi connectivity index (χ1) is 14.3. The molecule has 2 bridgehead atoms. The summed E-state index contributed by atoms with van der Waals surface area (Å²) in [5, 5.41) is 21.9. The number of hydrogen-bond donors (Lipinski definition) is 2. The first-order valence-electron chi connectivity index (χ1n) is 9.97. The molecule has 1 aromatic carbocycles. The van der Waals surface area contributed by atoms with Crippen molar-refractivity contribution in [2.24, 2.45) is 0 Å². The fourth-order valence-electron chi connectivity index (χ4n) is 4.35. The van der Waals surface area contributed by atoms with Gasteiger partial charge in [0.05, 0.1) is 17.3 Å². The number of anilines is 1. The van der Waals surface area contributed by atoms with Gasteiger partial charge in [0.2, 0.25) is 0 Å². The molecule has 0 spiro atoms. The normalized spacial score (nSPS) is 25.2. The number of phenols is 1. The van der Waals surface area contributed by atoms with E-state index in [2.05, 4.69) is 15.5 Å². The maximum atomic E-state index is 14.8. The molecular weight excluding hydrogens is 392 g/mol. The molecule has 1 aromatic heterocycles. The summed E-state index contributed by atoms with van der Waals surface area (Å²) in [6, 6.07) is 5.36. The van der Waals surface area contributed by atoms with Gasteiger partial charge >= 0.3 is 0 Å². The van der Waals surface area contributed by atoms with E-state index in [1.165, 1.54) is 19.0 Å². The quantitative estimate of drug-likeness (QED) is 0.795. The zero-order valence-electron chi connectivity index (χ0n) is 17.1. The lowest BCUT2D eigenvalue weighted by atomic mass is 9.96. The Morgan fingerprint density at radius 2 is 1.97 bits per heavy atom. The van der Waals surface area contributed by atoms with Crippen molar-refractivity contribution in [2.45, 2.75) is 43.6 Å². The number of nitrogens with zero attached hydrogens (tertiary/aromatic N) is 4.